The number of hydrogen-bond donors (Lipinski definition) is 1. The van der Waals surface area contributed by atoms with Gasteiger partial charge in [0.05, 0.1) is 16.2 Å². The van der Waals surface area contributed by atoms with Gasteiger partial charge in [-0.25, -0.2) is 9.69 Å². The number of aromatic carboxylic acids is 1. The van der Waals surface area contributed by atoms with Crippen molar-refractivity contribution < 1.29 is 24.4 Å². The van der Waals surface area contributed by atoms with Crippen LogP contribution in [0.25, 0.3) is 0 Å². The summed E-state index contributed by atoms with van der Waals surface area (Å²) in [7, 11) is 0. The molecular formula is C22H15ClN2O6. The molecule has 2 amide bonds. The monoisotopic (exact) mass is 438 g/mol. The molecule has 31 heavy (non-hydrogen) atoms. The van der Waals surface area contributed by atoms with E-state index in [1.807, 2.05) is 0 Å². The van der Waals surface area contributed by atoms with Gasteiger partial charge in [0.15, 0.2) is 0 Å². The number of rotatable bonds is 5. The van der Waals surface area contributed by atoms with E-state index in [9.17, 15) is 29.6 Å². The molecule has 1 N–H and O–H groups in total. The Morgan fingerprint density at radius 3 is 2.19 bits per heavy atom. The lowest BCUT2D eigenvalue weighted by molar-refractivity contribution is -0.385. The number of aryl methyl sites for hydroxylation is 1. The molecule has 0 atom stereocenters. The van der Waals surface area contributed by atoms with Crippen molar-refractivity contribution in [1.82, 2.24) is 0 Å². The molecule has 8 nitrogen and oxygen atoms in total. The number of imide groups is 1. The molecule has 3 aromatic rings. The van der Waals surface area contributed by atoms with E-state index in [1.165, 1.54) is 30.3 Å². The molecule has 156 valence electrons. The maximum Gasteiger partial charge on any atom is 0.336 e. The third-order valence-electron chi connectivity index (χ3n) is 4.53. The highest BCUT2D eigenvalue weighted by atomic mass is 35.5. The molecule has 3 aromatic carbocycles. The zero-order valence-electron chi connectivity index (χ0n) is 16.1. The fraction of sp³-hybridized carbons (Fsp3) is 0.0455. The van der Waals surface area contributed by atoms with E-state index in [1.54, 1.807) is 25.1 Å². The van der Waals surface area contributed by atoms with Crippen LogP contribution in [-0.4, -0.2) is 27.8 Å². The first-order valence-electron chi connectivity index (χ1n) is 8.93. The molecule has 0 aromatic heterocycles. The lowest BCUT2D eigenvalue weighted by Gasteiger charge is -2.23. The van der Waals surface area contributed by atoms with Gasteiger partial charge in [-0.1, -0.05) is 41.9 Å². The van der Waals surface area contributed by atoms with Crippen LogP contribution in [0.15, 0.2) is 66.7 Å². The molecule has 0 unspecified atom stereocenters. The lowest BCUT2D eigenvalue weighted by atomic mass is 10.0. The molecule has 0 saturated carbocycles. The van der Waals surface area contributed by atoms with Gasteiger partial charge in [-0.2, -0.15) is 0 Å². The lowest BCUT2D eigenvalue weighted by Crippen LogP contribution is -2.38. The summed E-state index contributed by atoms with van der Waals surface area (Å²) in [5.41, 5.74) is -1.25. The highest BCUT2D eigenvalue weighted by molar-refractivity contribution is 6.32. The number of carbonyl (C=O) groups is 3. The molecule has 0 aliphatic rings. The average Bonchev–Trinajstić information content (AvgIpc) is 2.73. The van der Waals surface area contributed by atoms with E-state index in [0.717, 1.165) is 18.2 Å². The fourth-order valence-electron chi connectivity index (χ4n) is 3.08. The minimum Gasteiger partial charge on any atom is -0.478 e. The number of nitro groups is 1. The standard InChI is InChI=1S/C22H15ClN2O6/c1-13-6-2-3-9-16(13)20(26)24(15-8-4-7-14(23)12-15)21(27)19-17(22(28)29)10-5-11-18(19)25(30)31/h2-12H,1H3,(H,28,29). The molecule has 9 heteroatoms. The van der Waals surface area contributed by atoms with E-state index in [2.05, 4.69) is 0 Å². The topological polar surface area (TPSA) is 118 Å². The van der Waals surface area contributed by atoms with Gasteiger partial charge in [0, 0.05) is 16.7 Å². The Labute approximate surface area is 181 Å². The highest BCUT2D eigenvalue weighted by Gasteiger charge is 2.35. The molecule has 0 aliphatic carbocycles. The van der Waals surface area contributed by atoms with Gasteiger partial charge in [0.25, 0.3) is 17.5 Å². The zero-order valence-corrected chi connectivity index (χ0v) is 16.9. The van der Waals surface area contributed by atoms with E-state index in [4.69, 9.17) is 11.6 Å². The predicted molar refractivity (Wildman–Crippen MR) is 114 cm³/mol. The predicted octanol–water partition coefficient (Wildman–Crippen LogP) is 4.74. The van der Waals surface area contributed by atoms with Crippen LogP contribution in [0.1, 0.15) is 36.6 Å². The average molecular weight is 439 g/mol. The van der Waals surface area contributed by atoms with E-state index >= 15 is 0 Å². The van der Waals surface area contributed by atoms with Crippen molar-refractivity contribution in [3.63, 3.8) is 0 Å². The van der Waals surface area contributed by atoms with Gasteiger partial charge in [-0.3, -0.25) is 19.7 Å². The molecule has 3 rings (SSSR count). The van der Waals surface area contributed by atoms with Crippen molar-refractivity contribution >= 4 is 40.8 Å². The van der Waals surface area contributed by atoms with Crippen LogP contribution in [0, 0.1) is 17.0 Å². The molecule has 0 spiro atoms. The maximum atomic E-state index is 13.5. The van der Waals surface area contributed by atoms with Crippen LogP contribution in [0.4, 0.5) is 11.4 Å². The number of carboxylic acid groups (broad SMARTS) is 1. The summed E-state index contributed by atoms with van der Waals surface area (Å²) >= 11 is 6.03. The Balaban J connectivity index is 2.28. The third-order valence-corrected chi connectivity index (χ3v) is 4.77. The SMILES string of the molecule is Cc1ccccc1C(=O)N(C(=O)c1c(C(=O)O)cccc1[N+](=O)[O-])c1cccc(Cl)c1. The van der Waals surface area contributed by atoms with Crippen LogP contribution in [0.5, 0.6) is 0 Å². The second-order valence-electron chi connectivity index (χ2n) is 6.50. The van der Waals surface area contributed by atoms with Gasteiger partial charge in [0.2, 0.25) is 0 Å². The van der Waals surface area contributed by atoms with Crippen molar-refractivity contribution in [2.24, 2.45) is 0 Å². The first kappa shape index (κ1) is 21.7. The third kappa shape index (κ3) is 4.29. The van der Waals surface area contributed by atoms with E-state index in [-0.39, 0.29) is 16.3 Å². The molecule has 0 heterocycles. The van der Waals surface area contributed by atoms with Crippen LogP contribution >= 0.6 is 11.6 Å². The fourth-order valence-corrected chi connectivity index (χ4v) is 3.27. The summed E-state index contributed by atoms with van der Waals surface area (Å²) in [4.78, 5) is 50.0. The molecule has 0 saturated heterocycles. The summed E-state index contributed by atoms with van der Waals surface area (Å²) in [6, 6.07) is 15.5. The number of halogens is 1. The van der Waals surface area contributed by atoms with Gasteiger partial charge < -0.3 is 5.11 Å². The second kappa shape index (κ2) is 8.76. The van der Waals surface area contributed by atoms with Crippen molar-refractivity contribution in [2.75, 3.05) is 4.90 Å². The van der Waals surface area contributed by atoms with Gasteiger partial charge in [-0.15, -0.1) is 0 Å². The second-order valence-corrected chi connectivity index (χ2v) is 6.94. The molecule has 0 fully saturated rings. The summed E-state index contributed by atoms with van der Waals surface area (Å²) in [6.07, 6.45) is 0. The highest BCUT2D eigenvalue weighted by Crippen LogP contribution is 2.29. The maximum absolute atomic E-state index is 13.5. The van der Waals surface area contributed by atoms with Crippen molar-refractivity contribution in [1.29, 1.82) is 0 Å². The minimum atomic E-state index is -1.54. The number of benzene rings is 3. The summed E-state index contributed by atoms with van der Waals surface area (Å²) in [5, 5.41) is 21.3. The first-order valence-corrected chi connectivity index (χ1v) is 9.31. The number of anilines is 1. The Kier molecular flexibility index (Phi) is 6.12. The number of carboxylic acids is 1. The molecule has 0 radical (unpaired) electrons. The van der Waals surface area contributed by atoms with E-state index < -0.39 is 39.5 Å². The van der Waals surface area contributed by atoms with Crippen LogP contribution < -0.4 is 4.90 Å². The summed E-state index contributed by atoms with van der Waals surface area (Å²) in [5.74, 6) is -3.47. The number of nitrogens with zero attached hydrogens (tertiary/aromatic N) is 2. The quantitative estimate of drug-likeness (QED) is 0.349. The number of amides is 2. The number of hydrogen-bond acceptors (Lipinski definition) is 5. The van der Waals surface area contributed by atoms with Crippen LogP contribution in [0.3, 0.4) is 0 Å². The Morgan fingerprint density at radius 1 is 0.935 bits per heavy atom. The number of nitro benzene ring substituents is 1. The van der Waals surface area contributed by atoms with Gasteiger partial charge >= 0.3 is 5.97 Å². The molecular weight excluding hydrogens is 424 g/mol. The Morgan fingerprint density at radius 2 is 1.58 bits per heavy atom. The summed E-state index contributed by atoms with van der Waals surface area (Å²) < 4.78 is 0. The Bertz CT molecular complexity index is 1190. The van der Waals surface area contributed by atoms with Crippen molar-refractivity contribution in [3.05, 3.63) is 104 Å². The first-order chi connectivity index (χ1) is 14.7. The van der Waals surface area contributed by atoms with Crippen molar-refractivity contribution in [2.45, 2.75) is 6.92 Å². The Hall–Kier alpha value is -4.04. The summed E-state index contributed by atoms with van der Waals surface area (Å²) in [6.45, 7) is 1.67. The zero-order chi connectivity index (χ0) is 22.7. The number of carbonyl (C=O) groups excluding carboxylic acids is 2. The van der Waals surface area contributed by atoms with Crippen LogP contribution in [-0.2, 0) is 0 Å². The van der Waals surface area contributed by atoms with Crippen molar-refractivity contribution in [3.8, 4) is 0 Å². The molecule has 0 bridgehead atoms. The van der Waals surface area contributed by atoms with Gasteiger partial charge in [-0.05, 0) is 42.8 Å². The molecule has 0 aliphatic heterocycles. The van der Waals surface area contributed by atoms with Gasteiger partial charge in [0.1, 0.15) is 5.56 Å². The van der Waals surface area contributed by atoms with E-state index in [0.29, 0.717) is 10.5 Å². The normalized spacial score (nSPS) is 10.4. The largest absolute Gasteiger partial charge is 0.478 e. The van der Waals surface area contributed by atoms with Crippen LogP contribution in [0.2, 0.25) is 5.02 Å². The minimum absolute atomic E-state index is 0.0419. The smallest absolute Gasteiger partial charge is 0.336 e.